The van der Waals surface area contributed by atoms with Crippen molar-refractivity contribution in [2.75, 3.05) is 11.5 Å². The Balaban J connectivity index is 2.04. The fraction of sp³-hybridized carbons (Fsp3) is 0.818. The van der Waals surface area contributed by atoms with E-state index in [4.69, 9.17) is 5.84 Å². The third kappa shape index (κ3) is 3.00. The van der Waals surface area contributed by atoms with Gasteiger partial charge in [0.05, 0.1) is 0 Å². The molecule has 0 radical (unpaired) electrons. The van der Waals surface area contributed by atoms with Crippen LogP contribution in [0, 0.1) is 5.92 Å². The van der Waals surface area contributed by atoms with Crippen LogP contribution in [0.3, 0.4) is 0 Å². The van der Waals surface area contributed by atoms with Gasteiger partial charge in [-0.05, 0) is 37.7 Å². The lowest BCUT2D eigenvalue weighted by atomic mass is 9.96. The van der Waals surface area contributed by atoms with Gasteiger partial charge in [0, 0.05) is 18.5 Å². The molecule has 1 aliphatic heterocycles. The Hall–Kier alpha value is -0.590. The van der Waals surface area contributed by atoms with Crippen LogP contribution in [0.25, 0.3) is 0 Å². The molecular formula is C11H21N5S. The monoisotopic (exact) mass is 255 g/mol. The van der Waals surface area contributed by atoms with Crippen LogP contribution in [-0.2, 0) is 6.42 Å². The van der Waals surface area contributed by atoms with Crippen LogP contribution in [0.15, 0.2) is 6.33 Å². The lowest BCUT2D eigenvalue weighted by molar-refractivity contribution is 0.368. The molecule has 0 bridgehead atoms. The first-order valence-electron chi connectivity index (χ1n) is 6.14. The Morgan fingerprint density at radius 1 is 1.65 bits per heavy atom. The van der Waals surface area contributed by atoms with E-state index in [1.165, 1.54) is 17.9 Å². The van der Waals surface area contributed by atoms with Gasteiger partial charge < -0.3 is 0 Å². The van der Waals surface area contributed by atoms with E-state index in [0.717, 1.165) is 12.2 Å². The fourth-order valence-corrected chi connectivity index (χ4v) is 3.62. The molecule has 0 amide bonds. The van der Waals surface area contributed by atoms with Gasteiger partial charge in [-0.1, -0.05) is 0 Å². The maximum atomic E-state index is 5.68. The molecule has 1 aromatic rings. The molecule has 0 aliphatic carbocycles. The number of aromatic nitrogens is 3. The third-order valence-corrected chi connectivity index (χ3v) is 4.48. The second-order valence-corrected chi connectivity index (χ2v) is 5.97. The average Bonchev–Trinajstić information content (AvgIpc) is 2.96. The van der Waals surface area contributed by atoms with E-state index in [1.54, 1.807) is 6.33 Å². The molecule has 2 heterocycles. The van der Waals surface area contributed by atoms with Gasteiger partial charge in [0.1, 0.15) is 12.2 Å². The number of nitrogens with two attached hydrogens (primary N) is 1. The first kappa shape index (κ1) is 12.9. The van der Waals surface area contributed by atoms with Crippen LogP contribution in [-0.4, -0.2) is 32.3 Å². The Morgan fingerprint density at radius 2 is 2.47 bits per heavy atom. The zero-order valence-corrected chi connectivity index (χ0v) is 11.3. The molecule has 1 aliphatic rings. The number of hydrazine groups is 1. The lowest BCUT2D eigenvalue weighted by Crippen LogP contribution is -2.43. The Bertz CT molecular complexity index is 345. The summed E-state index contributed by atoms with van der Waals surface area (Å²) in [5.41, 5.74) is 2.95. The van der Waals surface area contributed by atoms with E-state index in [-0.39, 0.29) is 0 Å². The molecule has 0 saturated carbocycles. The lowest BCUT2D eigenvalue weighted by Gasteiger charge is -2.22. The third-order valence-electron chi connectivity index (χ3n) is 3.29. The minimum Gasteiger partial charge on any atom is -0.271 e. The molecule has 1 fully saturated rings. The van der Waals surface area contributed by atoms with Crippen molar-refractivity contribution < 1.29 is 0 Å². The molecule has 1 aromatic heterocycles. The van der Waals surface area contributed by atoms with Crippen LogP contribution in [0.2, 0.25) is 0 Å². The van der Waals surface area contributed by atoms with Gasteiger partial charge in [-0.25, -0.2) is 9.67 Å². The highest BCUT2D eigenvalue weighted by atomic mass is 32.2. The summed E-state index contributed by atoms with van der Waals surface area (Å²) in [6, 6.07) is 0.663. The van der Waals surface area contributed by atoms with Crippen molar-refractivity contribution in [1.82, 2.24) is 20.2 Å². The summed E-state index contributed by atoms with van der Waals surface area (Å²) in [5.74, 6) is 9.81. The van der Waals surface area contributed by atoms with E-state index in [2.05, 4.69) is 29.4 Å². The predicted molar refractivity (Wildman–Crippen MR) is 70.7 cm³/mol. The SMILES string of the molecule is CC(C)n1ncnc1CC(NN)C1CCSC1. The van der Waals surface area contributed by atoms with Crippen LogP contribution in [0.4, 0.5) is 0 Å². The number of rotatable bonds is 5. The minimum absolute atomic E-state index is 0.312. The Labute approximate surface area is 107 Å². The Morgan fingerprint density at radius 3 is 3.06 bits per heavy atom. The number of hydrogen-bond acceptors (Lipinski definition) is 5. The predicted octanol–water partition coefficient (Wildman–Crippen LogP) is 0.987. The summed E-state index contributed by atoms with van der Waals surface area (Å²) < 4.78 is 1.98. The van der Waals surface area contributed by atoms with E-state index in [0.29, 0.717) is 18.0 Å². The maximum absolute atomic E-state index is 5.68. The quantitative estimate of drug-likeness (QED) is 0.606. The van der Waals surface area contributed by atoms with Crippen molar-refractivity contribution in [2.45, 2.75) is 38.8 Å². The molecule has 0 spiro atoms. The molecule has 6 heteroatoms. The molecule has 3 N–H and O–H groups in total. The van der Waals surface area contributed by atoms with E-state index >= 15 is 0 Å². The van der Waals surface area contributed by atoms with Crippen molar-refractivity contribution in [3.8, 4) is 0 Å². The molecular weight excluding hydrogens is 234 g/mol. The summed E-state index contributed by atoms with van der Waals surface area (Å²) in [7, 11) is 0. The van der Waals surface area contributed by atoms with E-state index in [1.807, 2.05) is 16.4 Å². The van der Waals surface area contributed by atoms with Gasteiger partial charge in [-0.15, -0.1) is 0 Å². The van der Waals surface area contributed by atoms with Crippen molar-refractivity contribution >= 4 is 11.8 Å². The van der Waals surface area contributed by atoms with Gasteiger partial charge in [0.2, 0.25) is 0 Å². The van der Waals surface area contributed by atoms with Crippen molar-refractivity contribution in [3.05, 3.63) is 12.2 Å². The summed E-state index contributed by atoms with van der Waals surface area (Å²) in [5, 5.41) is 4.26. The summed E-state index contributed by atoms with van der Waals surface area (Å²) in [4.78, 5) is 4.35. The summed E-state index contributed by atoms with van der Waals surface area (Å²) >= 11 is 2.01. The summed E-state index contributed by atoms with van der Waals surface area (Å²) in [6.07, 6.45) is 3.74. The summed E-state index contributed by atoms with van der Waals surface area (Å²) in [6.45, 7) is 4.24. The van der Waals surface area contributed by atoms with Crippen LogP contribution in [0.1, 0.15) is 32.1 Å². The topological polar surface area (TPSA) is 68.8 Å². The second kappa shape index (κ2) is 5.84. The highest BCUT2D eigenvalue weighted by Crippen LogP contribution is 2.27. The molecule has 5 nitrogen and oxygen atoms in total. The zero-order valence-electron chi connectivity index (χ0n) is 10.5. The molecule has 0 aromatic carbocycles. The largest absolute Gasteiger partial charge is 0.271 e. The van der Waals surface area contributed by atoms with Crippen molar-refractivity contribution in [1.29, 1.82) is 0 Å². The molecule has 1 saturated heterocycles. The Kier molecular flexibility index (Phi) is 4.42. The average molecular weight is 255 g/mol. The molecule has 96 valence electrons. The number of nitrogens with one attached hydrogen (secondary N) is 1. The number of nitrogens with zero attached hydrogens (tertiary/aromatic N) is 3. The number of thioether (sulfide) groups is 1. The minimum atomic E-state index is 0.312. The molecule has 2 unspecified atom stereocenters. The van der Waals surface area contributed by atoms with Gasteiger partial charge >= 0.3 is 0 Å². The standard InChI is InChI=1S/C11H21N5S/c1-8(2)16-11(13-7-14-16)5-10(15-12)9-3-4-17-6-9/h7-10,15H,3-6,12H2,1-2H3. The smallest absolute Gasteiger partial charge is 0.138 e. The van der Waals surface area contributed by atoms with Gasteiger partial charge in [0.15, 0.2) is 0 Å². The maximum Gasteiger partial charge on any atom is 0.138 e. The highest BCUT2D eigenvalue weighted by molar-refractivity contribution is 7.99. The van der Waals surface area contributed by atoms with Gasteiger partial charge in [-0.3, -0.25) is 11.3 Å². The first-order chi connectivity index (χ1) is 8.22. The van der Waals surface area contributed by atoms with Gasteiger partial charge in [0.25, 0.3) is 0 Å². The molecule has 17 heavy (non-hydrogen) atoms. The van der Waals surface area contributed by atoms with E-state index in [9.17, 15) is 0 Å². The fourth-order valence-electron chi connectivity index (χ4n) is 2.28. The van der Waals surface area contributed by atoms with Crippen LogP contribution in [0.5, 0.6) is 0 Å². The van der Waals surface area contributed by atoms with Gasteiger partial charge in [-0.2, -0.15) is 16.9 Å². The van der Waals surface area contributed by atoms with Crippen molar-refractivity contribution in [2.24, 2.45) is 11.8 Å². The van der Waals surface area contributed by atoms with Crippen LogP contribution < -0.4 is 11.3 Å². The molecule has 2 rings (SSSR count). The van der Waals surface area contributed by atoms with Crippen LogP contribution >= 0.6 is 11.8 Å². The normalized spacial score (nSPS) is 22.2. The second-order valence-electron chi connectivity index (χ2n) is 4.82. The zero-order chi connectivity index (χ0) is 12.3. The van der Waals surface area contributed by atoms with E-state index < -0.39 is 0 Å². The highest BCUT2D eigenvalue weighted by Gasteiger charge is 2.26. The first-order valence-corrected chi connectivity index (χ1v) is 7.30. The number of hydrogen-bond donors (Lipinski definition) is 2. The van der Waals surface area contributed by atoms with Crippen molar-refractivity contribution in [3.63, 3.8) is 0 Å². The molecule has 2 atom stereocenters.